The summed E-state index contributed by atoms with van der Waals surface area (Å²) in [6, 6.07) is 16.0. The third-order valence-corrected chi connectivity index (χ3v) is 7.10. The van der Waals surface area contributed by atoms with Crippen molar-refractivity contribution in [2.45, 2.75) is 38.9 Å². The van der Waals surface area contributed by atoms with E-state index in [4.69, 9.17) is 0 Å². The predicted molar refractivity (Wildman–Crippen MR) is 131 cm³/mol. The first-order chi connectivity index (χ1) is 16.4. The van der Waals surface area contributed by atoms with Gasteiger partial charge in [-0.15, -0.1) is 11.3 Å². The number of halogens is 1. The number of carbonyl (C=O) groups is 2. The van der Waals surface area contributed by atoms with Gasteiger partial charge in [0.25, 0.3) is 11.8 Å². The van der Waals surface area contributed by atoms with Crippen LogP contribution in [0.1, 0.15) is 49.7 Å². The average molecular weight is 477 g/mol. The van der Waals surface area contributed by atoms with E-state index >= 15 is 0 Å². The second kappa shape index (κ2) is 9.02. The Morgan fingerprint density at radius 1 is 1.12 bits per heavy atom. The van der Waals surface area contributed by atoms with Gasteiger partial charge in [-0.05, 0) is 61.2 Å². The van der Waals surface area contributed by atoms with Crippen LogP contribution in [0.2, 0.25) is 0 Å². The van der Waals surface area contributed by atoms with Crippen molar-refractivity contribution < 1.29 is 14.0 Å². The number of fused-ring (bicyclic) bond motifs is 1. The van der Waals surface area contributed by atoms with Gasteiger partial charge in [0.05, 0.1) is 17.1 Å². The Labute approximate surface area is 201 Å². The summed E-state index contributed by atoms with van der Waals surface area (Å²) in [4.78, 5) is 28.6. The zero-order valence-corrected chi connectivity index (χ0v) is 19.9. The molecule has 0 atom stereocenters. The molecule has 8 heteroatoms. The van der Waals surface area contributed by atoms with Gasteiger partial charge in [-0.1, -0.05) is 24.3 Å². The molecule has 0 aliphatic heterocycles. The van der Waals surface area contributed by atoms with E-state index in [2.05, 4.69) is 10.4 Å². The maximum Gasteiger partial charge on any atom is 0.264 e. The smallest absolute Gasteiger partial charge is 0.264 e. The van der Waals surface area contributed by atoms with Crippen LogP contribution >= 0.6 is 11.3 Å². The number of amides is 2. The highest BCUT2D eigenvalue weighted by Gasteiger charge is 2.24. The molecule has 2 heterocycles. The van der Waals surface area contributed by atoms with Gasteiger partial charge in [0, 0.05) is 30.6 Å². The number of rotatable bonds is 7. The number of hydrogen-bond donors (Lipinski definition) is 1. The van der Waals surface area contributed by atoms with Crippen molar-refractivity contribution in [3.05, 3.63) is 87.7 Å². The second-order valence-corrected chi connectivity index (χ2v) is 9.84. The standard InChI is InChI=1S/C26H25FN4O2S/c1-16-22-13-23(34-26(22)31(29-16)15-18-5-9-20(27)10-6-18)25(33)30(2)14-17-3-7-19(8-4-17)24(32)28-21-11-12-21/h3-10,13,21H,11-12,14-15H2,1-2H3,(H,28,32). The Morgan fingerprint density at radius 2 is 1.79 bits per heavy atom. The minimum Gasteiger partial charge on any atom is -0.349 e. The van der Waals surface area contributed by atoms with Crippen LogP contribution in [0.5, 0.6) is 0 Å². The normalized spacial score (nSPS) is 13.3. The molecule has 174 valence electrons. The largest absolute Gasteiger partial charge is 0.349 e. The van der Waals surface area contributed by atoms with Crippen LogP contribution in [0.4, 0.5) is 4.39 Å². The molecule has 1 N–H and O–H groups in total. The number of aryl methyl sites for hydroxylation is 1. The maximum atomic E-state index is 13.2. The van der Waals surface area contributed by atoms with Crippen molar-refractivity contribution in [2.75, 3.05) is 7.05 Å². The van der Waals surface area contributed by atoms with E-state index in [1.54, 1.807) is 36.2 Å². The van der Waals surface area contributed by atoms with Gasteiger partial charge in [0.15, 0.2) is 0 Å². The summed E-state index contributed by atoms with van der Waals surface area (Å²) in [5, 5.41) is 8.54. The lowest BCUT2D eigenvalue weighted by molar-refractivity contribution is 0.0789. The fraction of sp³-hybridized carbons (Fsp3) is 0.269. The molecule has 2 aromatic heterocycles. The monoisotopic (exact) mass is 476 g/mol. The first-order valence-corrected chi connectivity index (χ1v) is 12.1. The first-order valence-electron chi connectivity index (χ1n) is 11.2. The minimum absolute atomic E-state index is 0.0474. The molecule has 2 amide bonds. The van der Waals surface area contributed by atoms with E-state index in [-0.39, 0.29) is 17.6 Å². The Balaban J connectivity index is 1.28. The van der Waals surface area contributed by atoms with Crippen molar-refractivity contribution >= 4 is 33.4 Å². The van der Waals surface area contributed by atoms with Crippen LogP contribution in [-0.2, 0) is 13.1 Å². The SMILES string of the molecule is Cc1nn(Cc2ccc(F)cc2)c2sc(C(=O)N(C)Cc3ccc(C(=O)NC4CC4)cc3)cc12. The van der Waals surface area contributed by atoms with E-state index in [1.165, 1.54) is 23.5 Å². The van der Waals surface area contributed by atoms with Crippen LogP contribution in [0.3, 0.4) is 0 Å². The summed E-state index contributed by atoms with van der Waals surface area (Å²) < 4.78 is 15.1. The van der Waals surface area contributed by atoms with Gasteiger partial charge in [-0.2, -0.15) is 5.10 Å². The maximum absolute atomic E-state index is 13.2. The van der Waals surface area contributed by atoms with E-state index < -0.39 is 0 Å². The van der Waals surface area contributed by atoms with Crippen LogP contribution in [0.15, 0.2) is 54.6 Å². The lowest BCUT2D eigenvalue weighted by atomic mass is 10.1. The number of nitrogens with one attached hydrogen (secondary N) is 1. The van der Waals surface area contributed by atoms with Crippen LogP contribution in [0, 0.1) is 12.7 Å². The van der Waals surface area contributed by atoms with Crippen LogP contribution in [0.25, 0.3) is 10.2 Å². The molecule has 0 unspecified atom stereocenters. The highest BCUT2D eigenvalue weighted by atomic mass is 32.1. The third kappa shape index (κ3) is 4.72. The summed E-state index contributed by atoms with van der Waals surface area (Å²) in [5.74, 6) is -0.382. The summed E-state index contributed by atoms with van der Waals surface area (Å²) in [6.45, 7) is 2.88. The Morgan fingerprint density at radius 3 is 2.47 bits per heavy atom. The minimum atomic E-state index is -0.270. The molecule has 0 radical (unpaired) electrons. The van der Waals surface area contributed by atoms with Gasteiger partial charge in [0.2, 0.25) is 0 Å². The molecule has 6 nitrogen and oxygen atoms in total. The summed E-state index contributed by atoms with van der Waals surface area (Å²) in [6.07, 6.45) is 2.11. The molecular formula is C26H25FN4O2S. The van der Waals surface area contributed by atoms with E-state index in [9.17, 15) is 14.0 Å². The third-order valence-electron chi connectivity index (χ3n) is 5.96. The van der Waals surface area contributed by atoms with E-state index in [0.717, 1.165) is 39.9 Å². The number of hydrogen-bond acceptors (Lipinski definition) is 4. The van der Waals surface area contributed by atoms with Gasteiger partial charge < -0.3 is 10.2 Å². The highest BCUT2D eigenvalue weighted by Crippen LogP contribution is 2.30. The van der Waals surface area contributed by atoms with Crippen molar-refractivity contribution in [3.8, 4) is 0 Å². The predicted octanol–water partition coefficient (Wildman–Crippen LogP) is 4.76. The zero-order valence-electron chi connectivity index (χ0n) is 19.0. The molecule has 2 aromatic carbocycles. The van der Waals surface area contributed by atoms with E-state index in [0.29, 0.717) is 29.6 Å². The van der Waals surface area contributed by atoms with Gasteiger partial charge in [-0.3, -0.25) is 14.3 Å². The number of carbonyl (C=O) groups excluding carboxylic acids is 2. The van der Waals surface area contributed by atoms with Crippen molar-refractivity contribution in [3.63, 3.8) is 0 Å². The highest BCUT2D eigenvalue weighted by molar-refractivity contribution is 7.20. The Kier molecular flexibility index (Phi) is 5.91. The molecule has 5 rings (SSSR count). The molecule has 0 spiro atoms. The summed E-state index contributed by atoms with van der Waals surface area (Å²) in [5.41, 5.74) is 3.39. The molecule has 34 heavy (non-hydrogen) atoms. The first kappa shape index (κ1) is 22.3. The molecular weight excluding hydrogens is 451 g/mol. The topological polar surface area (TPSA) is 67.2 Å². The summed E-state index contributed by atoms with van der Waals surface area (Å²) in [7, 11) is 1.78. The number of nitrogens with zero attached hydrogens (tertiary/aromatic N) is 3. The van der Waals surface area contributed by atoms with Gasteiger partial charge >= 0.3 is 0 Å². The average Bonchev–Trinajstić information content (AvgIpc) is 3.45. The molecule has 1 aliphatic carbocycles. The van der Waals surface area contributed by atoms with Crippen molar-refractivity contribution in [1.82, 2.24) is 20.0 Å². The fourth-order valence-corrected chi connectivity index (χ4v) is 5.04. The quantitative estimate of drug-likeness (QED) is 0.418. The number of thiophene rings is 1. The fourth-order valence-electron chi connectivity index (χ4n) is 3.88. The van der Waals surface area contributed by atoms with E-state index in [1.807, 2.05) is 29.8 Å². The van der Waals surface area contributed by atoms with Crippen molar-refractivity contribution in [2.24, 2.45) is 0 Å². The zero-order chi connectivity index (χ0) is 23.8. The van der Waals surface area contributed by atoms with Crippen LogP contribution in [-0.4, -0.2) is 39.6 Å². The number of benzene rings is 2. The lowest BCUT2D eigenvalue weighted by Crippen LogP contribution is -2.26. The molecule has 4 aromatic rings. The van der Waals surface area contributed by atoms with Gasteiger partial charge in [-0.25, -0.2) is 4.39 Å². The Hall–Kier alpha value is -3.52. The van der Waals surface area contributed by atoms with Crippen molar-refractivity contribution in [1.29, 1.82) is 0 Å². The molecule has 0 bridgehead atoms. The molecule has 1 saturated carbocycles. The number of aromatic nitrogens is 2. The van der Waals surface area contributed by atoms with Gasteiger partial charge in [0.1, 0.15) is 10.6 Å². The van der Waals surface area contributed by atoms with Crippen LogP contribution < -0.4 is 5.32 Å². The second-order valence-electron chi connectivity index (χ2n) is 8.80. The summed E-state index contributed by atoms with van der Waals surface area (Å²) >= 11 is 1.41. The molecule has 1 fully saturated rings. The Bertz CT molecular complexity index is 1350. The lowest BCUT2D eigenvalue weighted by Gasteiger charge is -2.16. The molecule has 1 aliphatic rings. The molecule has 0 saturated heterocycles.